The molecule has 1 amide bonds. The predicted octanol–water partition coefficient (Wildman–Crippen LogP) is 3.91. The maximum Gasteiger partial charge on any atom is 0.253 e. The van der Waals surface area contributed by atoms with Crippen molar-refractivity contribution in [3.8, 4) is 0 Å². The lowest BCUT2D eigenvalue weighted by Gasteiger charge is -2.37. The van der Waals surface area contributed by atoms with Crippen LogP contribution >= 0.6 is 0 Å². The summed E-state index contributed by atoms with van der Waals surface area (Å²) in [5, 5.41) is 0. The molecular formula is C22H27FN2O3S. The molecule has 0 spiro atoms. The first-order valence-corrected chi connectivity index (χ1v) is 11.1. The molecular weight excluding hydrogens is 391 g/mol. The fourth-order valence-corrected chi connectivity index (χ4v) is 5.38. The van der Waals surface area contributed by atoms with Crippen molar-refractivity contribution in [3.05, 3.63) is 65.5 Å². The summed E-state index contributed by atoms with van der Waals surface area (Å²) in [5.41, 5.74) is 1.04. The maximum atomic E-state index is 13.1. The van der Waals surface area contributed by atoms with Crippen LogP contribution in [0.5, 0.6) is 0 Å². The van der Waals surface area contributed by atoms with Crippen molar-refractivity contribution in [3.63, 3.8) is 0 Å². The summed E-state index contributed by atoms with van der Waals surface area (Å²) in [4.78, 5) is 14.4. The van der Waals surface area contributed by atoms with Crippen molar-refractivity contribution >= 4 is 15.9 Å². The Hall–Kier alpha value is -2.25. The lowest BCUT2D eigenvalue weighted by Crippen LogP contribution is -2.43. The number of hydrogen-bond donors (Lipinski definition) is 0. The van der Waals surface area contributed by atoms with Gasteiger partial charge in [0.1, 0.15) is 5.82 Å². The first kappa shape index (κ1) is 21.5. The molecule has 29 heavy (non-hydrogen) atoms. The van der Waals surface area contributed by atoms with Crippen LogP contribution in [0.3, 0.4) is 0 Å². The second-order valence-corrected chi connectivity index (χ2v) is 10.4. The average Bonchev–Trinajstić information content (AvgIpc) is 2.68. The zero-order chi connectivity index (χ0) is 21.2. The van der Waals surface area contributed by atoms with Crippen molar-refractivity contribution in [2.75, 3.05) is 20.1 Å². The van der Waals surface area contributed by atoms with Crippen molar-refractivity contribution in [1.82, 2.24) is 9.21 Å². The summed E-state index contributed by atoms with van der Waals surface area (Å²) in [6.07, 6.45) is 1.82. The third-order valence-corrected chi connectivity index (χ3v) is 7.11. The van der Waals surface area contributed by atoms with Crippen molar-refractivity contribution in [1.29, 1.82) is 0 Å². The molecule has 5 nitrogen and oxygen atoms in total. The Labute approximate surface area is 172 Å². The Morgan fingerprint density at radius 3 is 2.52 bits per heavy atom. The highest BCUT2D eigenvalue weighted by atomic mass is 32.2. The number of carbonyl (C=O) groups is 1. The van der Waals surface area contributed by atoms with Gasteiger partial charge in [-0.05, 0) is 54.2 Å². The molecule has 0 N–H and O–H groups in total. The van der Waals surface area contributed by atoms with Crippen molar-refractivity contribution < 1.29 is 17.6 Å². The molecule has 2 aromatic carbocycles. The molecule has 3 rings (SSSR count). The Morgan fingerprint density at radius 2 is 1.86 bits per heavy atom. The van der Waals surface area contributed by atoms with Crippen LogP contribution in [0.4, 0.5) is 4.39 Å². The lowest BCUT2D eigenvalue weighted by atomic mass is 9.85. The highest BCUT2D eigenvalue weighted by Crippen LogP contribution is 2.32. The second-order valence-electron chi connectivity index (χ2n) is 8.42. The third kappa shape index (κ3) is 5.03. The Morgan fingerprint density at radius 1 is 1.17 bits per heavy atom. The minimum Gasteiger partial charge on any atom is -0.337 e. The third-order valence-electron chi connectivity index (χ3n) is 5.26. The van der Waals surface area contributed by atoms with E-state index in [1.165, 1.54) is 33.5 Å². The second kappa shape index (κ2) is 8.24. The van der Waals surface area contributed by atoms with Gasteiger partial charge in [0, 0.05) is 32.2 Å². The molecule has 1 heterocycles. The van der Waals surface area contributed by atoms with Gasteiger partial charge in [-0.15, -0.1) is 0 Å². The smallest absolute Gasteiger partial charge is 0.253 e. The molecule has 1 fully saturated rings. The number of rotatable bonds is 5. The summed E-state index contributed by atoms with van der Waals surface area (Å²) in [6, 6.07) is 12.1. The maximum absolute atomic E-state index is 13.1. The molecule has 0 saturated carbocycles. The molecule has 0 aliphatic carbocycles. The largest absolute Gasteiger partial charge is 0.337 e. The van der Waals surface area contributed by atoms with E-state index < -0.39 is 10.0 Å². The molecule has 1 aliphatic rings. The number of piperidine rings is 1. The topological polar surface area (TPSA) is 57.7 Å². The number of benzene rings is 2. The molecule has 0 radical (unpaired) electrons. The average molecular weight is 419 g/mol. The van der Waals surface area contributed by atoms with Gasteiger partial charge in [-0.3, -0.25) is 4.79 Å². The van der Waals surface area contributed by atoms with Gasteiger partial charge < -0.3 is 4.90 Å². The first-order chi connectivity index (χ1) is 13.6. The van der Waals surface area contributed by atoms with Crippen molar-refractivity contribution in [2.24, 2.45) is 5.41 Å². The van der Waals surface area contributed by atoms with Gasteiger partial charge >= 0.3 is 0 Å². The van der Waals surface area contributed by atoms with Gasteiger partial charge in [-0.25, -0.2) is 12.8 Å². The van der Waals surface area contributed by atoms with E-state index in [9.17, 15) is 17.6 Å². The van der Waals surface area contributed by atoms with Gasteiger partial charge in [0.2, 0.25) is 10.0 Å². The summed E-state index contributed by atoms with van der Waals surface area (Å²) >= 11 is 0. The highest BCUT2D eigenvalue weighted by molar-refractivity contribution is 7.89. The molecule has 2 aromatic rings. The minimum atomic E-state index is -3.66. The van der Waals surface area contributed by atoms with E-state index in [2.05, 4.69) is 13.8 Å². The number of sulfonamides is 1. The quantitative estimate of drug-likeness (QED) is 0.740. The van der Waals surface area contributed by atoms with E-state index in [1.807, 2.05) is 0 Å². The summed E-state index contributed by atoms with van der Waals surface area (Å²) < 4.78 is 40.8. The van der Waals surface area contributed by atoms with Gasteiger partial charge in [-0.1, -0.05) is 32.0 Å². The van der Waals surface area contributed by atoms with Crippen molar-refractivity contribution in [2.45, 2.75) is 38.1 Å². The summed E-state index contributed by atoms with van der Waals surface area (Å²) in [5.74, 6) is -0.619. The van der Waals surface area contributed by atoms with Crippen LogP contribution in [-0.2, 0) is 16.6 Å². The summed E-state index contributed by atoms with van der Waals surface area (Å²) in [6.45, 7) is 5.40. The van der Waals surface area contributed by atoms with E-state index in [0.717, 1.165) is 18.4 Å². The predicted molar refractivity (Wildman–Crippen MR) is 110 cm³/mol. The molecule has 156 valence electrons. The van der Waals surface area contributed by atoms with Crippen LogP contribution in [0, 0.1) is 11.2 Å². The zero-order valence-electron chi connectivity index (χ0n) is 17.1. The number of hydrogen-bond acceptors (Lipinski definition) is 3. The number of nitrogens with zero attached hydrogens (tertiary/aromatic N) is 2. The molecule has 1 aliphatic heterocycles. The van der Waals surface area contributed by atoms with E-state index >= 15 is 0 Å². The van der Waals surface area contributed by atoms with E-state index in [-0.39, 0.29) is 22.0 Å². The number of halogens is 1. The highest BCUT2D eigenvalue weighted by Gasteiger charge is 2.34. The van der Waals surface area contributed by atoms with Gasteiger partial charge in [0.15, 0.2) is 0 Å². The molecule has 0 bridgehead atoms. The lowest BCUT2D eigenvalue weighted by molar-refractivity contribution is 0.0785. The minimum absolute atomic E-state index is 0.0614. The first-order valence-electron chi connectivity index (χ1n) is 9.69. The number of amides is 1. The fourth-order valence-electron chi connectivity index (χ4n) is 3.67. The van der Waals surface area contributed by atoms with E-state index in [1.54, 1.807) is 31.3 Å². The summed E-state index contributed by atoms with van der Waals surface area (Å²) in [7, 11) is -2.02. The van der Waals surface area contributed by atoms with Crippen LogP contribution < -0.4 is 0 Å². The normalized spacial score (nSPS) is 17.1. The van der Waals surface area contributed by atoms with E-state index in [0.29, 0.717) is 25.2 Å². The van der Waals surface area contributed by atoms with Crippen LogP contribution in [0.2, 0.25) is 0 Å². The van der Waals surface area contributed by atoms with Crippen LogP contribution in [-0.4, -0.2) is 43.7 Å². The van der Waals surface area contributed by atoms with Crippen LogP contribution in [0.15, 0.2) is 53.4 Å². The number of carbonyl (C=O) groups excluding carboxylic acids is 1. The van der Waals surface area contributed by atoms with Gasteiger partial charge in [-0.2, -0.15) is 4.31 Å². The Kier molecular flexibility index (Phi) is 6.10. The molecule has 7 heteroatoms. The van der Waals surface area contributed by atoms with Crippen LogP contribution in [0.25, 0.3) is 0 Å². The van der Waals surface area contributed by atoms with Gasteiger partial charge in [0.25, 0.3) is 5.91 Å². The fraction of sp³-hybridized carbons (Fsp3) is 0.409. The molecule has 0 atom stereocenters. The standard InChI is InChI=1S/C22H27FN2O3S/c1-22(2)12-5-13-25(16-22)29(27,28)20-7-4-6-18(14-20)21(26)24(3)15-17-8-10-19(23)11-9-17/h4,6-11,14H,5,12-13,15-16H2,1-3H3. The van der Waals surface area contributed by atoms with E-state index in [4.69, 9.17) is 0 Å². The molecule has 0 aromatic heterocycles. The monoisotopic (exact) mass is 418 g/mol. The Balaban J connectivity index is 1.79. The Bertz CT molecular complexity index is 987. The molecule has 0 unspecified atom stereocenters. The van der Waals surface area contributed by atoms with Crippen LogP contribution in [0.1, 0.15) is 42.6 Å². The SMILES string of the molecule is CN(Cc1ccc(F)cc1)C(=O)c1cccc(S(=O)(=O)N2CCCC(C)(C)C2)c1. The molecule has 1 saturated heterocycles. The van der Waals surface area contributed by atoms with Gasteiger partial charge in [0.05, 0.1) is 4.90 Å². The zero-order valence-corrected chi connectivity index (χ0v) is 17.9.